The van der Waals surface area contributed by atoms with Crippen LogP contribution in [0, 0.1) is 20.8 Å². The number of anilines is 2. The number of hydrogen-bond donors (Lipinski definition) is 6. The average Bonchev–Trinajstić information content (AvgIpc) is 2.31. The molecular formula is C59H89N15O10S. The van der Waals surface area contributed by atoms with Gasteiger partial charge in [0.05, 0.1) is 41.4 Å². The van der Waals surface area contributed by atoms with Gasteiger partial charge in [-0.25, -0.2) is 9.97 Å². The molecule has 6 aromatic rings. The van der Waals surface area contributed by atoms with Crippen molar-refractivity contribution >= 4 is 94.7 Å². The summed E-state index contributed by atoms with van der Waals surface area (Å²) in [5.41, 5.74) is 16.3. The van der Waals surface area contributed by atoms with Gasteiger partial charge in [-0.2, -0.15) is 22.8 Å². The zero-order chi connectivity index (χ0) is 64.1. The van der Waals surface area contributed by atoms with Crippen LogP contribution < -0.4 is 36.9 Å². The highest BCUT2D eigenvalue weighted by Gasteiger charge is 2.24. The summed E-state index contributed by atoms with van der Waals surface area (Å²) in [7, 11) is 4.51. The quantitative estimate of drug-likeness (QED) is 0.0130. The highest BCUT2D eigenvalue weighted by Crippen LogP contribution is 2.33. The Bertz CT molecular complexity index is 3210. The predicted molar refractivity (Wildman–Crippen MR) is 334 cm³/mol. The summed E-state index contributed by atoms with van der Waals surface area (Å²) in [5, 5.41) is 16.0. The van der Waals surface area contributed by atoms with Crippen molar-refractivity contribution in [1.29, 1.82) is 0 Å². The number of unbranched alkanes of at least 4 members (excludes halogenated alkanes) is 1. The van der Waals surface area contributed by atoms with Crippen LogP contribution in [-0.2, 0) is 50.2 Å². The number of methoxy groups -OCH3 is 1. The number of rotatable bonds is 27. The average molecular weight is 1200 g/mol. The van der Waals surface area contributed by atoms with E-state index in [0.29, 0.717) is 53.6 Å². The molecule has 7 N–H and O–H groups in total. The lowest BCUT2D eigenvalue weighted by molar-refractivity contribution is -0.135. The van der Waals surface area contributed by atoms with E-state index in [-0.39, 0.29) is 97.5 Å². The Balaban J connectivity index is 0.00000127. The zero-order valence-corrected chi connectivity index (χ0v) is 53.0. The van der Waals surface area contributed by atoms with E-state index in [1.165, 1.54) is 66.8 Å². The minimum Gasteiger partial charge on any atom is -0.494 e. The molecule has 0 fully saturated rings. The van der Waals surface area contributed by atoms with Crippen LogP contribution in [0.25, 0.3) is 22.1 Å². The molecule has 2 aromatic carbocycles. The Morgan fingerprint density at radius 3 is 1.75 bits per heavy atom. The fraction of sp³-hybridized carbons (Fsp3) is 0.492. The van der Waals surface area contributed by atoms with Crippen molar-refractivity contribution in [3.8, 4) is 11.5 Å². The van der Waals surface area contributed by atoms with Gasteiger partial charge < -0.3 is 50.0 Å². The van der Waals surface area contributed by atoms with Crippen LogP contribution in [0.5, 0.6) is 11.5 Å². The number of thiol groups is 1. The number of aromatic nitrogens is 8. The first-order valence-electron chi connectivity index (χ1n) is 28.5. The number of carbonyl (C=O) groups is 8. The molecule has 0 aliphatic heterocycles. The molecule has 0 aliphatic rings. The van der Waals surface area contributed by atoms with E-state index >= 15 is 0 Å². The summed E-state index contributed by atoms with van der Waals surface area (Å²) in [6.45, 7) is 25.7. The SMILES string of the molecule is CC.CC.CCCC.CCn1nc(C)cc1C.CCn1nc(C)cc1C(=O)Nc1nc2cc(C(N)=O)cc(OC)c2n1C/C=C/Cn1c(NC=O)nc2cc(C(N)=O)cc(OCCCN(C)C(=O)C(C)NC(=O)CCN(C)C(=O)CC(S)C=O)c21. The van der Waals surface area contributed by atoms with Gasteiger partial charge in [-0.15, -0.1) is 0 Å². The van der Waals surface area contributed by atoms with E-state index in [1.807, 2.05) is 46.2 Å². The summed E-state index contributed by atoms with van der Waals surface area (Å²) >= 11 is 4.00. The van der Waals surface area contributed by atoms with Gasteiger partial charge in [0, 0.05) is 83.0 Å². The summed E-state index contributed by atoms with van der Waals surface area (Å²) in [4.78, 5) is 111. The molecule has 6 rings (SSSR count). The van der Waals surface area contributed by atoms with E-state index in [1.54, 1.807) is 52.9 Å². The lowest BCUT2D eigenvalue weighted by Gasteiger charge is -2.23. The molecule has 0 spiro atoms. The van der Waals surface area contributed by atoms with Crippen molar-refractivity contribution < 1.29 is 47.8 Å². The standard InChI is InChI=1S/C44H55N13O10S.C7H12N2.C4H10.2C2H6/c1-7-57-32(17-25(2)52-57)41(64)51-44-50-30-18-27(39(45)62)20-33(66-6)37(30)56(44)14-9-8-13-55-38-31(49-43(55)47-24-59)19-28(40(46)63)21-34(38)67-16-10-12-54(5)42(65)26(3)48-35(60)11-15-53(4)36(61)22-29(68)23-58;1-4-9-7(3)5-6(2)8-9;1-3-4-2;2*1-2/h8-9,17-21,23-24,26,29,68H,7,10-16,22H2,1-6H3,(H2,45,62)(H2,46,63)(H,48,60)(H,47,49,59)(H,50,51,64);5H,4H2,1-3H3;3-4H2,1-2H3;2*1-2H3/b9-8+;;;;. The molecule has 4 aromatic heterocycles. The number of nitrogens with one attached hydrogen (secondary N) is 3. The fourth-order valence-corrected chi connectivity index (χ4v) is 8.35. The Labute approximate surface area is 504 Å². The van der Waals surface area contributed by atoms with Crippen molar-refractivity contribution in [2.75, 3.05) is 51.5 Å². The maximum absolute atomic E-state index is 13.6. The number of amides is 7. The van der Waals surface area contributed by atoms with Crippen molar-refractivity contribution in [2.45, 2.75) is 153 Å². The molecule has 2 unspecified atom stereocenters. The van der Waals surface area contributed by atoms with Crippen LogP contribution >= 0.6 is 12.6 Å². The van der Waals surface area contributed by atoms with Gasteiger partial charge in [-0.05, 0) is 84.4 Å². The molecule has 4 heterocycles. The third kappa shape index (κ3) is 21.2. The second-order valence-electron chi connectivity index (χ2n) is 18.9. The maximum atomic E-state index is 13.6. The molecule has 0 radical (unpaired) electrons. The number of nitrogens with two attached hydrogens (primary N) is 2. The van der Waals surface area contributed by atoms with Gasteiger partial charge in [-0.3, -0.25) is 53.6 Å². The summed E-state index contributed by atoms with van der Waals surface area (Å²) in [6.07, 6.45) is 7.36. The van der Waals surface area contributed by atoms with Crippen LogP contribution in [0.4, 0.5) is 11.9 Å². The van der Waals surface area contributed by atoms with Crippen LogP contribution in [0.2, 0.25) is 0 Å². The Morgan fingerprint density at radius 2 is 1.26 bits per heavy atom. The Morgan fingerprint density at radius 1 is 0.729 bits per heavy atom. The molecular weight excluding hydrogens is 1110 g/mol. The normalized spacial score (nSPS) is 11.2. The Kier molecular flexibility index (Phi) is 31.5. The van der Waals surface area contributed by atoms with Crippen molar-refractivity contribution in [2.24, 2.45) is 11.5 Å². The van der Waals surface area contributed by atoms with Crippen molar-refractivity contribution in [3.05, 3.63) is 82.5 Å². The second kappa shape index (κ2) is 36.9. The van der Waals surface area contributed by atoms with E-state index in [4.69, 9.17) is 20.9 Å². The number of aldehydes is 1. The predicted octanol–water partition coefficient (Wildman–Crippen LogP) is 7.04. The van der Waals surface area contributed by atoms with E-state index in [0.717, 1.165) is 12.2 Å². The van der Waals surface area contributed by atoms with Gasteiger partial charge in [0.2, 0.25) is 47.8 Å². The number of ether oxygens (including phenoxy) is 2. The number of imidazole rings is 2. The number of likely N-dealkylation sites (N-methyl/N-ethyl adjacent to an activating group) is 1. The second-order valence-corrected chi connectivity index (χ2v) is 19.5. The van der Waals surface area contributed by atoms with Gasteiger partial charge in [0.15, 0.2) is 0 Å². The molecule has 25 nitrogen and oxygen atoms in total. The van der Waals surface area contributed by atoms with E-state index in [9.17, 15) is 38.4 Å². The summed E-state index contributed by atoms with van der Waals surface area (Å²) in [5.74, 6) is -2.31. The fourth-order valence-electron chi connectivity index (χ4n) is 8.19. The first kappa shape index (κ1) is 72.6. The number of primary amides is 2. The number of nitrogens with zero attached hydrogens (tertiary/aromatic N) is 10. The monoisotopic (exact) mass is 1200 g/mol. The largest absolute Gasteiger partial charge is 0.494 e. The maximum Gasteiger partial charge on any atom is 0.276 e. The zero-order valence-electron chi connectivity index (χ0n) is 52.1. The first-order valence-corrected chi connectivity index (χ1v) is 29.1. The molecule has 466 valence electrons. The lowest BCUT2D eigenvalue weighted by Crippen LogP contribution is -2.46. The van der Waals surface area contributed by atoms with Gasteiger partial charge >= 0.3 is 0 Å². The van der Waals surface area contributed by atoms with Gasteiger partial charge in [0.1, 0.15) is 40.6 Å². The molecule has 0 saturated carbocycles. The van der Waals surface area contributed by atoms with Crippen LogP contribution in [-0.4, -0.2) is 149 Å². The number of benzene rings is 2. The molecule has 2 atom stereocenters. The van der Waals surface area contributed by atoms with Crippen molar-refractivity contribution in [1.82, 2.24) is 53.8 Å². The summed E-state index contributed by atoms with van der Waals surface area (Å²) < 4.78 is 18.7. The third-order valence-electron chi connectivity index (χ3n) is 12.6. The highest BCUT2D eigenvalue weighted by atomic mass is 32.1. The van der Waals surface area contributed by atoms with E-state index in [2.05, 4.69) is 82.5 Å². The van der Waals surface area contributed by atoms with Crippen LogP contribution in [0.1, 0.15) is 143 Å². The molecule has 0 bridgehead atoms. The third-order valence-corrected chi connectivity index (χ3v) is 12.9. The number of allylic oxidation sites excluding steroid dienone is 2. The molecule has 7 amide bonds. The minimum absolute atomic E-state index is 0.0593. The van der Waals surface area contributed by atoms with Gasteiger partial charge in [0.25, 0.3) is 5.91 Å². The molecule has 0 saturated heterocycles. The molecule has 85 heavy (non-hydrogen) atoms. The lowest BCUT2D eigenvalue weighted by atomic mass is 10.1. The van der Waals surface area contributed by atoms with Crippen LogP contribution in [0.15, 0.2) is 48.6 Å². The smallest absolute Gasteiger partial charge is 0.276 e. The molecule has 26 heteroatoms. The first-order chi connectivity index (χ1) is 40.5. The number of carbonyl (C=O) groups excluding carboxylic acids is 8. The minimum atomic E-state index is -0.875. The van der Waals surface area contributed by atoms with Gasteiger partial charge in [-0.1, -0.05) is 66.5 Å². The van der Waals surface area contributed by atoms with E-state index < -0.39 is 34.9 Å². The van der Waals surface area contributed by atoms with Crippen molar-refractivity contribution in [3.63, 3.8) is 0 Å². The number of aryl methyl sites for hydroxylation is 5. The topological polar surface area (TPSA) is 321 Å². The Hall–Kier alpha value is -8.55. The van der Waals surface area contributed by atoms with Crippen LogP contribution in [0.3, 0.4) is 0 Å². The molecule has 0 aliphatic carbocycles. The highest BCUT2D eigenvalue weighted by molar-refractivity contribution is 7.81. The number of fused-ring (bicyclic) bond motifs is 2. The number of hydrogen-bond acceptors (Lipinski definition) is 15. The summed E-state index contributed by atoms with van der Waals surface area (Å²) in [6, 6.07) is 8.77.